The predicted octanol–water partition coefficient (Wildman–Crippen LogP) is 5.11. The first-order valence-electron chi connectivity index (χ1n) is 7.79. The molecule has 0 amide bonds. The van der Waals surface area contributed by atoms with Gasteiger partial charge in [-0.3, -0.25) is 4.79 Å². The number of aromatic amines is 1. The van der Waals surface area contributed by atoms with E-state index in [1.807, 2.05) is 6.07 Å². The maximum absolute atomic E-state index is 11.9. The van der Waals surface area contributed by atoms with Gasteiger partial charge in [0.1, 0.15) is 24.0 Å². The average Bonchev–Trinajstić information content (AvgIpc) is 2.61. The number of halogens is 2. The van der Waals surface area contributed by atoms with Crippen LogP contribution in [-0.4, -0.2) is 4.98 Å². The molecule has 1 heterocycles. The summed E-state index contributed by atoms with van der Waals surface area (Å²) in [6, 6.07) is 16.2. The standard InChI is InChI=1S/C20H14Cl2N2O2/c1-12-9-15(16(10-23)20(25)24-12)13-5-7-14(8-6-13)26-11-17-18(21)3-2-4-19(17)22/h2-9H,11H2,1H3,(H,24,25). The molecule has 1 aromatic heterocycles. The van der Waals surface area contributed by atoms with E-state index in [0.717, 1.165) is 11.1 Å². The third-order valence-corrected chi connectivity index (χ3v) is 4.60. The molecule has 0 bridgehead atoms. The van der Waals surface area contributed by atoms with Gasteiger partial charge in [0.15, 0.2) is 0 Å². The van der Waals surface area contributed by atoms with E-state index in [1.54, 1.807) is 55.5 Å². The van der Waals surface area contributed by atoms with Gasteiger partial charge in [-0.15, -0.1) is 0 Å². The minimum absolute atomic E-state index is 0.0899. The fourth-order valence-electron chi connectivity index (χ4n) is 2.58. The zero-order valence-electron chi connectivity index (χ0n) is 13.8. The molecule has 0 saturated carbocycles. The van der Waals surface area contributed by atoms with Crippen LogP contribution in [0.1, 0.15) is 16.8 Å². The van der Waals surface area contributed by atoms with Crippen molar-refractivity contribution in [1.82, 2.24) is 4.98 Å². The molecule has 1 N–H and O–H groups in total. The molecule has 6 heteroatoms. The predicted molar refractivity (Wildman–Crippen MR) is 103 cm³/mol. The van der Waals surface area contributed by atoms with Crippen LogP contribution in [0.4, 0.5) is 0 Å². The van der Waals surface area contributed by atoms with Gasteiger partial charge in [0.25, 0.3) is 5.56 Å². The van der Waals surface area contributed by atoms with Gasteiger partial charge >= 0.3 is 0 Å². The molecule has 4 nitrogen and oxygen atoms in total. The molecule has 0 fully saturated rings. The quantitative estimate of drug-likeness (QED) is 0.679. The van der Waals surface area contributed by atoms with Crippen molar-refractivity contribution in [1.29, 1.82) is 5.26 Å². The molecule has 3 aromatic rings. The summed E-state index contributed by atoms with van der Waals surface area (Å²) in [5, 5.41) is 10.3. The van der Waals surface area contributed by atoms with Gasteiger partial charge < -0.3 is 9.72 Å². The number of hydrogen-bond acceptors (Lipinski definition) is 3. The Balaban J connectivity index is 1.84. The lowest BCUT2D eigenvalue weighted by Gasteiger charge is -2.10. The Kier molecular flexibility index (Phi) is 5.32. The van der Waals surface area contributed by atoms with E-state index < -0.39 is 5.56 Å². The number of aryl methyl sites for hydroxylation is 1. The SMILES string of the molecule is Cc1cc(-c2ccc(OCc3c(Cl)cccc3Cl)cc2)c(C#N)c(=O)[nH]1. The lowest BCUT2D eigenvalue weighted by molar-refractivity contribution is 0.306. The van der Waals surface area contributed by atoms with Gasteiger partial charge in [-0.25, -0.2) is 0 Å². The number of rotatable bonds is 4. The third-order valence-electron chi connectivity index (χ3n) is 3.89. The van der Waals surface area contributed by atoms with Crippen LogP contribution < -0.4 is 10.3 Å². The second-order valence-corrected chi connectivity index (χ2v) is 6.51. The van der Waals surface area contributed by atoms with Crippen LogP contribution in [0.5, 0.6) is 5.75 Å². The highest BCUT2D eigenvalue weighted by Gasteiger charge is 2.11. The average molecular weight is 385 g/mol. The van der Waals surface area contributed by atoms with Crippen molar-refractivity contribution >= 4 is 23.2 Å². The van der Waals surface area contributed by atoms with Crippen LogP contribution in [0.3, 0.4) is 0 Å². The zero-order valence-corrected chi connectivity index (χ0v) is 15.4. The van der Waals surface area contributed by atoms with Crippen molar-refractivity contribution in [3.8, 4) is 22.9 Å². The van der Waals surface area contributed by atoms with E-state index in [9.17, 15) is 10.1 Å². The number of benzene rings is 2. The van der Waals surface area contributed by atoms with E-state index in [0.29, 0.717) is 27.1 Å². The normalized spacial score (nSPS) is 10.4. The van der Waals surface area contributed by atoms with Crippen molar-refractivity contribution < 1.29 is 4.74 Å². The molecule has 2 aromatic carbocycles. The molecular weight excluding hydrogens is 371 g/mol. The number of H-pyrrole nitrogens is 1. The fraction of sp³-hybridized carbons (Fsp3) is 0.100. The Hall–Kier alpha value is -2.74. The molecule has 0 atom stereocenters. The first-order chi connectivity index (χ1) is 12.5. The van der Waals surface area contributed by atoms with Gasteiger partial charge in [0.05, 0.1) is 0 Å². The van der Waals surface area contributed by atoms with Crippen LogP contribution >= 0.6 is 23.2 Å². The van der Waals surface area contributed by atoms with Crippen LogP contribution in [0.15, 0.2) is 53.3 Å². The first-order valence-corrected chi connectivity index (χ1v) is 8.55. The first kappa shape index (κ1) is 18.1. The highest BCUT2D eigenvalue weighted by Crippen LogP contribution is 2.28. The molecule has 0 unspecified atom stereocenters. The smallest absolute Gasteiger partial charge is 0.266 e. The Morgan fingerprint density at radius 2 is 1.77 bits per heavy atom. The molecule has 0 aliphatic carbocycles. The topological polar surface area (TPSA) is 65.9 Å². The lowest BCUT2D eigenvalue weighted by Crippen LogP contribution is -2.12. The fourth-order valence-corrected chi connectivity index (χ4v) is 3.09. The Bertz CT molecular complexity index is 1030. The van der Waals surface area contributed by atoms with Crippen molar-refractivity contribution in [3.05, 3.63) is 85.8 Å². The number of aromatic nitrogens is 1. The van der Waals surface area contributed by atoms with Crippen LogP contribution in [0, 0.1) is 18.3 Å². The minimum Gasteiger partial charge on any atom is -0.489 e. The maximum atomic E-state index is 11.9. The number of ether oxygens (including phenoxy) is 1. The van der Waals surface area contributed by atoms with Crippen LogP contribution in [0.25, 0.3) is 11.1 Å². The Morgan fingerprint density at radius 1 is 1.12 bits per heavy atom. The summed E-state index contributed by atoms with van der Waals surface area (Å²) in [5.74, 6) is 0.629. The lowest BCUT2D eigenvalue weighted by atomic mass is 10.0. The molecule has 130 valence electrons. The van der Waals surface area contributed by atoms with Crippen molar-refractivity contribution in [2.75, 3.05) is 0 Å². The summed E-state index contributed by atoms with van der Waals surface area (Å²) in [6.07, 6.45) is 0. The monoisotopic (exact) mass is 384 g/mol. The maximum Gasteiger partial charge on any atom is 0.266 e. The molecule has 3 rings (SSSR count). The second kappa shape index (κ2) is 7.65. The highest BCUT2D eigenvalue weighted by atomic mass is 35.5. The summed E-state index contributed by atoms with van der Waals surface area (Å²) in [7, 11) is 0. The molecule has 0 spiro atoms. The number of hydrogen-bond donors (Lipinski definition) is 1. The van der Waals surface area contributed by atoms with Crippen LogP contribution in [-0.2, 0) is 6.61 Å². The number of pyridine rings is 1. The van der Waals surface area contributed by atoms with E-state index in [1.165, 1.54) is 0 Å². The Labute approximate surface area is 160 Å². The highest BCUT2D eigenvalue weighted by molar-refractivity contribution is 6.35. The summed E-state index contributed by atoms with van der Waals surface area (Å²) in [5.41, 5.74) is 2.46. The summed E-state index contributed by atoms with van der Waals surface area (Å²) in [6.45, 7) is 2.02. The molecular formula is C20H14Cl2N2O2. The number of nitrogens with one attached hydrogen (secondary N) is 1. The van der Waals surface area contributed by atoms with Crippen molar-refractivity contribution in [3.63, 3.8) is 0 Å². The van der Waals surface area contributed by atoms with E-state index in [2.05, 4.69) is 4.98 Å². The minimum atomic E-state index is -0.392. The van der Waals surface area contributed by atoms with Crippen LogP contribution in [0.2, 0.25) is 10.0 Å². The van der Waals surface area contributed by atoms with Gasteiger partial charge in [-0.05, 0) is 42.8 Å². The van der Waals surface area contributed by atoms with Crippen molar-refractivity contribution in [2.24, 2.45) is 0 Å². The zero-order chi connectivity index (χ0) is 18.7. The van der Waals surface area contributed by atoms with E-state index in [4.69, 9.17) is 27.9 Å². The van der Waals surface area contributed by atoms with Gasteiger partial charge in [-0.1, -0.05) is 41.4 Å². The number of nitrogens with zero attached hydrogens (tertiary/aromatic N) is 1. The molecule has 0 aliphatic heterocycles. The molecule has 0 radical (unpaired) electrons. The van der Waals surface area contributed by atoms with Gasteiger partial charge in [-0.2, -0.15) is 5.26 Å². The van der Waals surface area contributed by atoms with Crippen molar-refractivity contribution in [2.45, 2.75) is 13.5 Å². The molecule has 0 saturated heterocycles. The summed E-state index contributed by atoms with van der Waals surface area (Å²) >= 11 is 12.3. The second-order valence-electron chi connectivity index (χ2n) is 5.70. The summed E-state index contributed by atoms with van der Waals surface area (Å²) < 4.78 is 5.75. The van der Waals surface area contributed by atoms with E-state index in [-0.39, 0.29) is 12.2 Å². The third kappa shape index (κ3) is 3.75. The van der Waals surface area contributed by atoms with E-state index >= 15 is 0 Å². The molecule has 26 heavy (non-hydrogen) atoms. The Morgan fingerprint density at radius 3 is 2.38 bits per heavy atom. The van der Waals surface area contributed by atoms with Gasteiger partial charge in [0, 0.05) is 26.9 Å². The molecule has 0 aliphatic rings. The summed E-state index contributed by atoms with van der Waals surface area (Å²) in [4.78, 5) is 14.6. The van der Waals surface area contributed by atoms with Gasteiger partial charge in [0.2, 0.25) is 0 Å². The number of nitriles is 1. The largest absolute Gasteiger partial charge is 0.489 e.